The molecule has 3 heterocycles. The van der Waals surface area contributed by atoms with Crippen molar-refractivity contribution in [3.05, 3.63) is 11.6 Å². The lowest BCUT2D eigenvalue weighted by Crippen LogP contribution is -2.56. The van der Waals surface area contributed by atoms with Gasteiger partial charge in [0.25, 0.3) is 5.91 Å². The molecule has 2 aliphatic rings. The Balaban J connectivity index is 1.57. The fourth-order valence-electron chi connectivity index (χ4n) is 2.79. The summed E-state index contributed by atoms with van der Waals surface area (Å²) < 4.78 is 5.66. The van der Waals surface area contributed by atoms with E-state index < -0.39 is 6.10 Å². The lowest BCUT2D eigenvalue weighted by atomic mass is 10.2. The lowest BCUT2D eigenvalue weighted by Gasteiger charge is -2.38. The molecule has 0 saturated carbocycles. The molecule has 0 aliphatic carbocycles. The van der Waals surface area contributed by atoms with E-state index in [9.17, 15) is 9.59 Å². The number of nitrogens with zero attached hydrogens (tertiary/aromatic N) is 4. The number of hydrogen-bond donors (Lipinski definition) is 0. The second-order valence-corrected chi connectivity index (χ2v) is 6.32. The monoisotopic (exact) mass is 324 g/mol. The zero-order valence-electron chi connectivity index (χ0n) is 12.6. The SMILES string of the molecule is CC(=O)N1CCN(C(=O)[C@@H]2CN(c3nccs3)CCO2)CC1. The van der Waals surface area contributed by atoms with E-state index >= 15 is 0 Å². The minimum Gasteiger partial charge on any atom is -0.365 e. The second-order valence-electron chi connectivity index (χ2n) is 5.45. The van der Waals surface area contributed by atoms with Gasteiger partial charge < -0.3 is 19.4 Å². The maximum atomic E-state index is 12.6. The highest BCUT2D eigenvalue weighted by molar-refractivity contribution is 7.13. The predicted octanol–water partition coefficient (Wildman–Crippen LogP) is 0.0390. The van der Waals surface area contributed by atoms with Crippen LogP contribution in [-0.2, 0) is 14.3 Å². The molecule has 2 fully saturated rings. The van der Waals surface area contributed by atoms with Crippen LogP contribution in [0.25, 0.3) is 0 Å². The van der Waals surface area contributed by atoms with Crippen molar-refractivity contribution in [2.24, 2.45) is 0 Å². The minimum absolute atomic E-state index is 0.0180. The van der Waals surface area contributed by atoms with Gasteiger partial charge in [0.15, 0.2) is 11.2 Å². The number of piperazine rings is 1. The van der Waals surface area contributed by atoms with Crippen molar-refractivity contribution in [3.63, 3.8) is 0 Å². The van der Waals surface area contributed by atoms with Crippen molar-refractivity contribution in [1.82, 2.24) is 14.8 Å². The molecule has 1 aromatic heterocycles. The van der Waals surface area contributed by atoms with E-state index in [1.54, 1.807) is 34.3 Å². The maximum Gasteiger partial charge on any atom is 0.253 e. The number of ether oxygens (including phenoxy) is 1. The molecule has 0 radical (unpaired) electrons. The molecule has 0 spiro atoms. The molecule has 3 rings (SSSR count). The van der Waals surface area contributed by atoms with Gasteiger partial charge in [-0.15, -0.1) is 11.3 Å². The molecule has 2 saturated heterocycles. The molecule has 0 unspecified atom stereocenters. The number of morpholine rings is 1. The second kappa shape index (κ2) is 6.62. The zero-order chi connectivity index (χ0) is 15.5. The van der Waals surface area contributed by atoms with Gasteiger partial charge >= 0.3 is 0 Å². The summed E-state index contributed by atoms with van der Waals surface area (Å²) >= 11 is 1.57. The van der Waals surface area contributed by atoms with Gasteiger partial charge in [-0.3, -0.25) is 9.59 Å². The Morgan fingerprint density at radius 1 is 1.23 bits per heavy atom. The summed E-state index contributed by atoms with van der Waals surface area (Å²) in [4.78, 5) is 33.9. The first-order chi connectivity index (χ1) is 10.6. The first kappa shape index (κ1) is 15.2. The van der Waals surface area contributed by atoms with Crippen LogP contribution >= 0.6 is 11.3 Å². The molecule has 2 aliphatic heterocycles. The van der Waals surface area contributed by atoms with Crippen LogP contribution in [0.1, 0.15) is 6.92 Å². The zero-order valence-corrected chi connectivity index (χ0v) is 13.4. The van der Waals surface area contributed by atoms with Gasteiger partial charge in [-0.25, -0.2) is 4.98 Å². The third kappa shape index (κ3) is 3.22. The van der Waals surface area contributed by atoms with Gasteiger partial charge in [-0.2, -0.15) is 0 Å². The van der Waals surface area contributed by atoms with Crippen molar-refractivity contribution in [2.75, 3.05) is 50.8 Å². The van der Waals surface area contributed by atoms with Crippen molar-refractivity contribution < 1.29 is 14.3 Å². The quantitative estimate of drug-likeness (QED) is 0.768. The van der Waals surface area contributed by atoms with Gasteiger partial charge in [0.1, 0.15) is 0 Å². The van der Waals surface area contributed by atoms with E-state index in [1.165, 1.54) is 0 Å². The Kier molecular flexibility index (Phi) is 4.58. The molecule has 8 heteroatoms. The highest BCUT2D eigenvalue weighted by atomic mass is 32.1. The van der Waals surface area contributed by atoms with Crippen LogP contribution in [-0.4, -0.2) is 78.6 Å². The number of thiazole rings is 1. The summed E-state index contributed by atoms with van der Waals surface area (Å²) in [6.45, 7) is 5.75. The topological polar surface area (TPSA) is 66.0 Å². The van der Waals surface area contributed by atoms with Crippen LogP contribution < -0.4 is 4.90 Å². The molecular formula is C14H20N4O3S. The largest absolute Gasteiger partial charge is 0.365 e. The average Bonchev–Trinajstić information content (AvgIpc) is 3.09. The number of hydrogen-bond acceptors (Lipinski definition) is 6. The predicted molar refractivity (Wildman–Crippen MR) is 82.9 cm³/mol. The van der Waals surface area contributed by atoms with Gasteiger partial charge in [0.05, 0.1) is 13.2 Å². The number of rotatable bonds is 2. The van der Waals surface area contributed by atoms with E-state index in [2.05, 4.69) is 9.88 Å². The van der Waals surface area contributed by atoms with Crippen molar-refractivity contribution in [2.45, 2.75) is 13.0 Å². The van der Waals surface area contributed by atoms with Crippen LogP contribution in [0.4, 0.5) is 5.13 Å². The van der Waals surface area contributed by atoms with E-state index in [0.29, 0.717) is 39.3 Å². The smallest absolute Gasteiger partial charge is 0.253 e. The Morgan fingerprint density at radius 2 is 1.95 bits per heavy atom. The van der Waals surface area contributed by atoms with Crippen LogP contribution in [0.5, 0.6) is 0 Å². The molecule has 0 N–H and O–H groups in total. The van der Waals surface area contributed by atoms with E-state index in [1.807, 2.05) is 5.38 Å². The Morgan fingerprint density at radius 3 is 2.59 bits per heavy atom. The molecule has 0 aromatic carbocycles. The highest BCUT2D eigenvalue weighted by Gasteiger charge is 2.32. The standard InChI is InChI=1S/C14H20N4O3S/c1-11(19)16-3-5-17(6-4-16)13(20)12-10-18(7-8-21-12)14-15-2-9-22-14/h2,9,12H,3-8,10H2,1H3/t12-/m0/s1. The van der Waals surface area contributed by atoms with Crippen LogP contribution in [0.15, 0.2) is 11.6 Å². The van der Waals surface area contributed by atoms with Crippen molar-refractivity contribution in [1.29, 1.82) is 0 Å². The van der Waals surface area contributed by atoms with E-state index in [0.717, 1.165) is 11.7 Å². The summed E-state index contributed by atoms with van der Waals surface area (Å²) in [5.74, 6) is 0.0837. The number of carbonyl (C=O) groups excluding carboxylic acids is 2. The molecule has 22 heavy (non-hydrogen) atoms. The number of anilines is 1. The Bertz CT molecular complexity index is 528. The number of carbonyl (C=O) groups is 2. The molecule has 2 amide bonds. The lowest BCUT2D eigenvalue weighted by molar-refractivity contribution is -0.148. The van der Waals surface area contributed by atoms with Crippen molar-refractivity contribution >= 4 is 28.3 Å². The number of amides is 2. The summed E-state index contributed by atoms with van der Waals surface area (Å²) in [5, 5.41) is 2.87. The average molecular weight is 324 g/mol. The Hall–Kier alpha value is -1.67. The van der Waals surface area contributed by atoms with Gasteiger partial charge in [0, 0.05) is 51.2 Å². The van der Waals surface area contributed by atoms with Gasteiger partial charge in [-0.1, -0.05) is 0 Å². The summed E-state index contributed by atoms with van der Waals surface area (Å²) in [7, 11) is 0. The van der Waals surface area contributed by atoms with Crippen LogP contribution in [0.2, 0.25) is 0 Å². The normalized spacial score (nSPS) is 22.8. The first-order valence-corrected chi connectivity index (χ1v) is 8.33. The first-order valence-electron chi connectivity index (χ1n) is 7.45. The van der Waals surface area contributed by atoms with Crippen molar-refractivity contribution in [3.8, 4) is 0 Å². The fourth-order valence-corrected chi connectivity index (χ4v) is 3.47. The van der Waals surface area contributed by atoms with Gasteiger partial charge in [-0.05, 0) is 0 Å². The maximum absolute atomic E-state index is 12.6. The molecule has 1 aromatic rings. The van der Waals surface area contributed by atoms with E-state index in [-0.39, 0.29) is 11.8 Å². The molecule has 7 nitrogen and oxygen atoms in total. The number of aromatic nitrogens is 1. The molecule has 120 valence electrons. The summed E-state index contributed by atoms with van der Waals surface area (Å²) in [6, 6.07) is 0. The van der Waals surface area contributed by atoms with E-state index in [4.69, 9.17) is 4.74 Å². The summed E-state index contributed by atoms with van der Waals surface area (Å²) in [6.07, 6.45) is 1.33. The Labute approximate surface area is 133 Å². The fraction of sp³-hybridized carbons (Fsp3) is 0.643. The molecule has 0 bridgehead atoms. The third-order valence-electron chi connectivity index (χ3n) is 4.07. The van der Waals surface area contributed by atoms with Gasteiger partial charge in [0.2, 0.25) is 5.91 Å². The molecule has 1 atom stereocenters. The van der Waals surface area contributed by atoms with Crippen LogP contribution in [0.3, 0.4) is 0 Å². The highest BCUT2D eigenvalue weighted by Crippen LogP contribution is 2.21. The van der Waals surface area contributed by atoms with Crippen LogP contribution in [0, 0.1) is 0 Å². The third-order valence-corrected chi connectivity index (χ3v) is 4.90. The molecular weight excluding hydrogens is 304 g/mol. The minimum atomic E-state index is -0.443. The summed E-state index contributed by atoms with van der Waals surface area (Å²) in [5.41, 5.74) is 0.